The predicted octanol–water partition coefficient (Wildman–Crippen LogP) is 3.06. The van der Waals surface area contributed by atoms with Gasteiger partial charge in [0.25, 0.3) is 0 Å². The number of halogens is 2. The van der Waals surface area contributed by atoms with Crippen molar-refractivity contribution in [3.63, 3.8) is 0 Å². The van der Waals surface area contributed by atoms with Gasteiger partial charge in [-0.25, -0.2) is 9.78 Å². The van der Waals surface area contributed by atoms with Crippen LogP contribution in [-0.4, -0.2) is 23.2 Å². The Kier molecular flexibility index (Phi) is 5.00. The van der Waals surface area contributed by atoms with E-state index in [0.29, 0.717) is 10.9 Å². The zero-order valence-corrected chi connectivity index (χ0v) is 12.7. The minimum Gasteiger partial charge on any atom is -0.466 e. The summed E-state index contributed by atoms with van der Waals surface area (Å²) in [5.41, 5.74) is -0.512. The minimum atomic E-state index is -0.512. The van der Waals surface area contributed by atoms with Gasteiger partial charge in [0.15, 0.2) is 6.61 Å². The SMILES string of the molecule is CC(C)(C)OC(=O)COc1cc(I)c(Cl)cn1. The molecular weight excluding hydrogens is 356 g/mol. The molecule has 0 saturated carbocycles. The van der Waals surface area contributed by atoms with Crippen molar-refractivity contribution in [1.29, 1.82) is 0 Å². The Morgan fingerprint density at radius 2 is 2.18 bits per heavy atom. The van der Waals surface area contributed by atoms with E-state index in [1.807, 2.05) is 0 Å². The van der Waals surface area contributed by atoms with E-state index in [0.717, 1.165) is 3.57 Å². The number of carbonyl (C=O) groups is 1. The van der Waals surface area contributed by atoms with E-state index < -0.39 is 11.6 Å². The lowest BCUT2D eigenvalue weighted by atomic mass is 10.2. The molecule has 0 bridgehead atoms. The van der Waals surface area contributed by atoms with Crippen molar-refractivity contribution in [3.05, 3.63) is 20.9 Å². The molecule has 0 N–H and O–H groups in total. The fourth-order valence-corrected chi connectivity index (χ4v) is 1.49. The predicted molar refractivity (Wildman–Crippen MR) is 73.3 cm³/mol. The third-order valence-corrected chi connectivity index (χ3v) is 3.05. The van der Waals surface area contributed by atoms with Crippen molar-refractivity contribution >= 4 is 40.2 Å². The number of hydrogen-bond acceptors (Lipinski definition) is 4. The van der Waals surface area contributed by atoms with Gasteiger partial charge in [0.2, 0.25) is 5.88 Å². The zero-order valence-electron chi connectivity index (χ0n) is 9.79. The Balaban J connectivity index is 2.50. The largest absolute Gasteiger partial charge is 0.466 e. The smallest absolute Gasteiger partial charge is 0.344 e. The summed E-state index contributed by atoms with van der Waals surface area (Å²) in [6, 6.07) is 1.66. The number of rotatable bonds is 3. The third kappa shape index (κ3) is 5.54. The van der Waals surface area contributed by atoms with Gasteiger partial charge in [-0.15, -0.1) is 0 Å². The molecule has 1 rings (SSSR count). The van der Waals surface area contributed by atoms with Crippen molar-refractivity contribution in [2.75, 3.05) is 6.61 Å². The fraction of sp³-hybridized carbons (Fsp3) is 0.455. The van der Waals surface area contributed by atoms with Crippen molar-refractivity contribution < 1.29 is 14.3 Å². The Morgan fingerprint density at radius 1 is 1.53 bits per heavy atom. The molecule has 94 valence electrons. The van der Waals surface area contributed by atoms with E-state index in [-0.39, 0.29) is 6.61 Å². The van der Waals surface area contributed by atoms with E-state index in [9.17, 15) is 4.79 Å². The van der Waals surface area contributed by atoms with Crippen LogP contribution in [0.2, 0.25) is 5.02 Å². The first-order valence-electron chi connectivity index (χ1n) is 4.93. The molecule has 0 spiro atoms. The van der Waals surface area contributed by atoms with Crippen LogP contribution in [0, 0.1) is 3.57 Å². The molecule has 0 atom stereocenters. The van der Waals surface area contributed by atoms with Crippen LogP contribution in [0.4, 0.5) is 0 Å². The monoisotopic (exact) mass is 369 g/mol. The average molecular weight is 370 g/mol. The molecule has 0 aliphatic rings. The van der Waals surface area contributed by atoms with Gasteiger partial charge in [0, 0.05) is 9.64 Å². The van der Waals surface area contributed by atoms with Crippen molar-refractivity contribution in [1.82, 2.24) is 4.98 Å². The van der Waals surface area contributed by atoms with E-state index in [2.05, 4.69) is 27.6 Å². The Hall–Kier alpha value is -0.560. The first-order valence-corrected chi connectivity index (χ1v) is 6.39. The molecule has 0 fully saturated rings. The maximum Gasteiger partial charge on any atom is 0.344 e. The second kappa shape index (κ2) is 5.86. The topological polar surface area (TPSA) is 48.4 Å². The Labute approximate surface area is 119 Å². The van der Waals surface area contributed by atoms with Crippen molar-refractivity contribution in [3.8, 4) is 5.88 Å². The Bertz CT molecular complexity index is 418. The molecule has 0 unspecified atom stereocenters. The van der Waals surface area contributed by atoms with E-state index in [4.69, 9.17) is 21.1 Å². The lowest BCUT2D eigenvalue weighted by Gasteiger charge is -2.19. The van der Waals surface area contributed by atoms with Crippen LogP contribution >= 0.6 is 34.2 Å². The summed E-state index contributed by atoms with van der Waals surface area (Å²) in [7, 11) is 0. The quantitative estimate of drug-likeness (QED) is 0.607. The summed E-state index contributed by atoms with van der Waals surface area (Å²) < 4.78 is 11.1. The summed E-state index contributed by atoms with van der Waals surface area (Å²) in [6.07, 6.45) is 1.48. The second-order valence-corrected chi connectivity index (χ2v) is 5.88. The lowest BCUT2D eigenvalue weighted by Crippen LogP contribution is -2.27. The van der Waals surface area contributed by atoms with Gasteiger partial charge in [0.05, 0.1) is 11.2 Å². The molecule has 0 aliphatic heterocycles. The molecule has 6 heteroatoms. The van der Waals surface area contributed by atoms with Gasteiger partial charge in [-0.1, -0.05) is 11.6 Å². The third-order valence-electron chi connectivity index (χ3n) is 1.54. The summed E-state index contributed by atoms with van der Waals surface area (Å²) in [5.74, 6) is -0.0751. The molecule has 4 nitrogen and oxygen atoms in total. The maximum atomic E-state index is 11.4. The highest BCUT2D eigenvalue weighted by Crippen LogP contribution is 2.20. The molecule has 0 amide bonds. The van der Waals surface area contributed by atoms with Crippen molar-refractivity contribution in [2.24, 2.45) is 0 Å². The average Bonchev–Trinajstić information content (AvgIpc) is 2.17. The number of aromatic nitrogens is 1. The Morgan fingerprint density at radius 3 is 2.71 bits per heavy atom. The normalized spacial score (nSPS) is 11.1. The first-order chi connectivity index (χ1) is 7.78. The minimum absolute atomic E-state index is 0.165. The van der Waals surface area contributed by atoms with E-state index in [1.165, 1.54) is 6.20 Å². The number of esters is 1. The highest BCUT2D eigenvalue weighted by Gasteiger charge is 2.16. The molecule has 0 aliphatic carbocycles. The van der Waals surface area contributed by atoms with Crippen LogP contribution in [0.1, 0.15) is 20.8 Å². The molecule has 0 radical (unpaired) electrons. The highest BCUT2D eigenvalue weighted by atomic mass is 127. The van der Waals surface area contributed by atoms with Gasteiger partial charge >= 0.3 is 5.97 Å². The standard InChI is InChI=1S/C11H13ClINO3/c1-11(2,3)17-10(15)6-16-9-4-8(13)7(12)5-14-9/h4-5H,6H2,1-3H3. The van der Waals surface area contributed by atoms with E-state index >= 15 is 0 Å². The highest BCUT2D eigenvalue weighted by molar-refractivity contribution is 14.1. The van der Waals surface area contributed by atoms with Crippen LogP contribution in [-0.2, 0) is 9.53 Å². The number of ether oxygens (including phenoxy) is 2. The van der Waals surface area contributed by atoms with Crippen LogP contribution in [0.25, 0.3) is 0 Å². The van der Waals surface area contributed by atoms with Gasteiger partial charge in [-0.05, 0) is 43.4 Å². The van der Waals surface area contributed by atoms with Gasteiger partial charge < -0.3 is 9.47 Å². The fourth-order valence-electron chi connectivity index (χ4n) is 0.979. The number of nitrogens with zero attached hydrogens (tertiary/aromatic N) is 1. The zero-order chi connectivity index (χ0) is 13.1. The molecule has 17 heavy (non-hydrogen) atoms. The lowest BCUT2D eigenvalue weighted by molar-refractivity contribution is -0.157. The first kappa shape index (κ1) is 14.5. The summed E-state index contributed by atoms with van der Waals surface area (Å²) in [6.45, 7) is 5.24. The number of pyridine rings is 1. The maximum absolute atomic E-state index is 11.4. The molecule has 1 heterocycles. The number of hydrogen-bond donors (Lipinski definition) is 0. The summed E-state index contributed by atoms with van der Waals surface area (Å²) >= 11 is 7.87. The van der Waals surface area contributed by atoms with Gasteiger partial charge in [-0.2, -0.15) is 0 Å². The molecule has 1 aromatic heterocycles. The van der Waals surface area contributed by atoms with Gasteiger partial charge in [-0.3, -0.25) is 0 Å². The van der Waals surface area contributed by atoms with Crippen LogP contribution < -0.4 is 4.74 Å². The van der Waals surface area contributed by atoms with Crippen LogP contribution in [0.15, 0.2) is 12.3 Å². The van der Waals surface area contributed by atoms with Crippen LogP contribution in [0.3, 0.4) is 0 Å². The van der Waals surface area contributed by atoms with Crippen molar-refractivity contribution in [2.45, 2.75) is 26.4 Å². The summed E-state index contributed by atoms with van der Waals surface area (Å²) in [4.78, 5) is 15.3. The molecule has 1 aromatic rings. The van der Waals surface area contributed by atoms with E-state index in [1.54, 1.807) is 26.8 Å². The molecule has 0 aromatic carbocycles. The van der Waals surface area contributed by atoms with Crippen LogP contribution in [0.5, 0.6) is 5.88 Å². The summed E-state index contributed by atoms with van der Waals surface area (Å²) in [5, 5.41) is 0.551. The number of carbonyl (C=O) groups excluding carboxylic acids is 1. The second-order valence-electron chi connectivity index (χ2n) is 4.31. The molecular formula is C11H13ClINO3. The molecule has 0 saturated heterocycles. The van der Waals surface area contributed by atoms with Gasteiger partial charge in [0.1, 0.15) is 5.60 Å².